The van der Waals surface area contributed by atoms with E-state index in [1.165, 1.54) is 36.8 Å². The maximum Gasteiger partial charge on any atom is 0.0790 e. The van der Waals surface area contributed by atoms with E-state index in [4.69, 9.17) is 4.84 Å². The smallest absolute Gasteiger partial charge is 0.0790 e. The summed E-state index contributed by atoms with van der Waals surface area (Å²) in [7, 11) is 0. The van der Waals surface area contributed by atoms with Gasteiger partial charge in [0.1, 0.15) is 0 Å². The van der Waals surface area contributed by atoms with Crippen LogP contribution in [0.3, 0.4) is 0 Å². The van der Waals surface area contributed by atoms with Crippen LogP contribution in [0.25, 0.3) is 0 Å². The van der Waals surface area contributed by atoms with Gasteiger partial charge in [0.05, 0.1) is 6.10 Å². The van der Waals surface area contributed by atoms with Gasteiger partial charge in [-0.25, -0.2) is 0 Å². The van der Waals surface area contributed by atoms with Crippen LogP contribution in [0.5, 0.6) is 0 Å². The summed E-state index contributed by atoms with van der Waals surface area (Å²) in [5.41, 5.74) is 5.58. The van der Waals surface area contributed by atoms with Crippen LogP contribution in [0.1, 0.15) is 36.8 Å². The molecular formula is C13H18BrNO. The van der Waals surface area contributed by atoms with E-state index in [-0.39, 0.29) is 0 Å². The first-order valence-electron chi connectivity index (χ1n) is 5.89. The van der Waals surface area contributed by atoms with Gasteiger partial charge < -0.3 is 0 Å². The first-order chi connectivity index (χ1) is 7.75. The average Bonchev–Trinajstić information content (AvgIpc) is 2.76. The monoisotopic (exact) mass is 283 g/mol. The number of halogens is 1. The molecule has 2 nitrogen and oxygen atoms in total. The Hall–Kier alpha value is -0.380. The molecule has 0 radical (unpaired) electrons. The maximum absolute atomic E-state index is 5.61. The molecule has 0 bridgehead atoms. The predicted molar refractivity (Wildman–Crippen MR) is 69.1 cm³/mol. The molecule has 1 aliphatic carbocycles. The molecule has 0 unspecified atom stereocenters. The van der Waals surface area contributed by atoms with E-state index < -0.39 is 0 Å². The van der Waals surface area contributed by atoms with Crippen molar-refractivity contribution in [3.63, 3.8) is 0 Å². The first-order valence-corrected chi connectivity index (χ1v) is 6.68. The summed E-state index contributed by atoms with van der Waals surface area (Å²) in [5.74, 6) is 0. The number of aryl methyl sites for hydroxylation is 1. The van der Waals surface area contributed by atoms with E-state index in [0.717, 1.165) is 11.0 Å². The minimum Gasteiger partial charge on any atom is -0.298 e. The van der Waals surface area contributed by atoms with Crippen molar-refractivity contribution in [3.8, 4) is 0 Å². The van der Waals surface area contributed by atoms with E-state index in [0.29, 0.717) is 6.10 Å². The Morgan fingerprint density at radius 1 is 1.38 bits per heavy atom. The quantitative estimate of drug-likeness (QED) is 0.851. The molecular weight excluding hydrogens is 266 g/mol. The van der Waals surface area contributed by atoms with Gasteiger partial charge in [0.2, 0.25) is 0 Å². The molecule has 16 heavy (non-hydrogen) atoms. The van der Waals surface area contributed by atoms with Gasteiger partial charge in [0, 0.05) is 11.0 Å². The van der Waals surface area contributed by atoms with Crippen LogP contribution in [0.15, 0.2) is 22.7 Å². The lowest BCUT2D eigenvalue weighted by molar-refractivity contribution is -0.0244. The molecule has 0 aromatic heterocycles. The average molecular weight is 284 g/mol. The summed E-state index contributed by atoms with van der Waals surface area (Å²) in [5, 5.41) is 0. The molecule has 1 N–H and O–H groups in total. The van der Waals surface area contributed by atoms with E-state index in [1.807, 2.05) is 0 Å². The van der Waals surface area contributed by atoms with Crippen molar-refractivity contribution in [2.24, 2.45) is 0 Å². The van der Waals surface area contributed by atoms with Crippen LogP contribution in [-0.2, 0) is 11.4 Å². The van der Waals surface area contributed by atoms with Gasteiger partial charge in [-0.05, 0) is 37.0 Å². The highest BCUT2D eigenvalue weighted by molar-refractivity contribution is 9.10. The van der Waals surface area contributed by atoms with Gasteiger partial charge in [0.25, 0.3) is 0 Å². The fourth-order valence-corrected chi connectivity index (χ4v) is 2.42. The summed E-state index contributed by atoms with van der Waals surface area (Å²) in [6.07, 6.45) is 5.44. The molecule has 2 rings (SSSR count). The van der Waals surface area contributed by atoms with Gasteiger partial charge in [-0.1, -0.05) is 40.9 Å². The van der Waals surface area contributed by atoms with E-state index in [1.54, 1.807) is 0 Å². The highest BCUT2D eigenvalue weighted by atomic mass is 79.9. The van der Waals surface area contributed by atoms with E-state index >= 15 is 0 Å². The molecule has 0 atom stereocenters. The predicted octanol–water partition coefficient (Wildman–Crippen LogP) is 3.72. The van der Waals surface area contributed by atoms with Crippen LogP contribution < -0.4 is 5.48 Å². The minimum absolute atomic E-state index is 0.425. The normalized spacial score (nSPS) is 16.9. The zero-order valence-corrected chi connectivity index (χ0v) is 11.2. The molecule has 88 valence electrons. The molecule has 0 heterocycles. The Morgan fingerprint density at radius 3 is 2.81 bits per heavy atom. The van der Waals surface area contributed by atoms with Crippen molar-refractivity contribution in [1.82, 2.24) is 5.48 Å². The largest absolute Gasteiger partial charge is 0.298 e. The van der Waals surface area contributed by atoms with Crippen LogP contribution in [-0.4, -0.2) is 6.10 Å². The fraction of sp³-hybridized carbons (Fsp3) is 0.538. The second kappa shape index (κ2) is 5.80. The topological polar surface area (TPSA) is 21.3 Å². The number of hydrogen-bond acceptors (Lipinski definition) is 2. The Bertz CT molecular complexity index is 348. The molecule has 1 aliphatic rings. The summed E-state index contributed by atoms with van der Waals surface area (Å²) in [6.45, 7) is 2.87. The SMILES string of the molecule is Cc1ccc(CNOC2CCCC2)cc1Br. The van der Waals surface area contributed by atoms with Crippen LogP contribution in [0, 0.1) is 6.92 Å². The van der Waals surface area contributed by atoms with Crippen molar-refractivity contribution in [1.29, 1.82) is 0 Å². The third kappa shape index (κ3) is 3.30. The Labute approximate surface area is 105 Å². The standard InChI is InChI=1S/C13H18BrNO/c1-10-6-7-11(8-13(10)14)9-15-16-12-4-2-3-5-12/h6-8,12,15H,2-5,9H2,1H3. The molecule has 1 fully saturated rings. The highest BCUT2D eigenvalue weighted by Gasteiger charge is 2.15. The maximum atomic E-state index is 5.61. The molecule has 0 saturated heterocycles. The van der Waals surface area contributed by atoms with Gasteiger partial charge in [-0.15, -0.1) is 0 Å². The molecule has 0 amide bonds. The number of hydroxylamine groups is 1. The molecule has 1 saturated carbocycles. The van der Waals surface area contributed by atoms with Crippen LogP contribution >= 0.6 is 15.9 Å². The third-order valence-electron chi connectivity index (χ3n) is 3.06. The number of rotatable bonds is 4. The number of hydrogen-bond donors (Lipinski definition) is 1. The van der Waals surface area contributed by atoms with Crippen molar-refractivity contribution >= 4 is 15.9 Å². The van der Waals surface area contributed by atoms with Crippen LogP contribution in [0.2, 0.25) is 0 Å². The molecule has 0 aliphatic heterocycles. The molecule has 0 spiro atoms. The summed E-state index contributed by atoms with van der Waals surface area (Å²) < 4.78 is 1.16. The zero-order valence-electron chi connectivity index (χ0n) is 9.63. The Morgan fingerprint density at radius 2 is 2.12 bits per heavy atom. The van der Waals surface area contributed by atoms with Crippen molar-refractivity contribution in [2.75, 3.05) is 0 Å². The zero-order chi connectivity index (χ0) is 11.4. The fourth-order valence-electron chi connectivity index (χ4n) is 2.00. The van der Waals surface area contributed by atoms with E-state index in [9.17, 15) is 0 Å². The Balaban J connectivity index is 1.78. The molecule has 1 aromatic rings. The summed E-state index contributed by atoms with van der Waals surface area (Å²) in [4.78, 5) is 5.61. The summed E-state index contributed by atoms with van der Waals surface area (Å²) in [6, 6.07) is 6.39. The molecule has 1 aromatic carbocycles. The van der Waals surface area contributed by atoms with Gasteiger partial charge in [0.15, 0.2) is 0 Å². The lowest BCUT2D eigenvalue weighted by Crippen LogP contribution is -2.21. The van der Waals surface area contributed by atoms with E-state index in [2.05, 4.69) is 46.5 Å². The second-order valence-electron chi connectivity index (χ2n) is 4.43. The van der Waals surface area contributed by atoms with Crippen molar-refractivity contribution in [3.05, 3.63) is 33.8 Å². The van der Waals surface area contributed by atoms with Crippen molar-refractivity contribution in [2.45, 2.75) is 45.3 Å². The second-order valence-corrected chi connectivity index (χ2v) is 5.28. The first kappa shape index (κ1) is 12.1. The number of benzene rings is 1. The third-order valence-corrected chi connectivity index (χ3v) is 3.92. The highest BCUT2D eigenvalue weighted by Crippen LogP contribution is 2.20. The lowest BCUT2D eigenvalue weighted by Gasteiger charge is -2.12. The lowest BCUT2D eigenvalue weighted by atomic mass is 10.1. The minimum atomic E-state index is 0.425. The number of nitrogens with one attached hydrogen (secondary N) is 1. The molecule has 3 heteroatoms. The summed E-state index contributed by atoms with van der Waals surface area (Å²) >= 11 is 3.54. The van der Waals surface area contributed by atoms with Gasteiger partial charge >= 0.3 is 0 Å². The Kier molecular flexibility index (Phi) is 4.38. The van der Waals surface area contributed by atoms with Crippen molar-refractivity contribution < 1.29 is 4.84 Å². The van der Waals surface area contributed by atoms with Gasteiger partial charge in [-0.3, -0.25) is 4.84 Å². The van der Waals surface area contributed by atoms with Gasteiger partial charge in [-0.2, -0.15) is 5.48 Å². The van der Waals surface area contributed by atoms with Crippen LogP contribution in [0.4, 0.5) is 0 Å².